The number of carbonyl (C=O) groups excluding carboxylic acids is 1. The van der Waals surface area contributed by atoms with Crippen LogP contribution >= 0.6 is 0 Å². The van der Waals surface area contributed by atoms with Gasteiger partial charge in [-0.05, 0) is 49.9 Å². The zero-order valence-electron chi connectivity index (χ0n) is 11.9. The van der Waals surface area contributed by atoms with E-state index in [2.05, 4.69) is 5.32 Å². The van der Waals surface area contributed by atoms with Crippen LogP contribution in [-0.4, -0.2) is 12.5 Å². The van der Waals surface area contributed by atoms with Crippen LogP contribution in [0.15, 0.2) is 18.2 Å². The summed E-state index contributed by atoms with van der Waals surface area (Å²) in [5.41, 5.74) is 6.90. The third kappa shape index (κ3) is 4.99. The summed E-state index contributed by atoms with van der Waals surface area (Å²) in [7, 11) is 0. The highest BCUT2D eigenvalue weighted by Gasteiger charge is 2.12. The molecule has 3 nitrogen and oxygen atoms in total. The molecule has 0 saturated carbocycles. The molecule has 0 spiro atoms. The van der Waals surface area contributed by atoms with Crippen LogP contribution in [0.4, 0.5) is 4.39 Å². The largest absolute Gasteiger partial charge is 0.350 e. The minimum Gasteiger partial charge on any atom is -0.350 e. The summed E-state index contributed by atoms with van der Waals surface area (Å²) in [5.74, 6) is 0.0852. The van der Waals surface area contributed by atoms with Crippen LogP contribution in [0.5, 0.6) is 0 Å². The van der Waals surface area contributed by atoms with Crippen molar-refractivity contribution in [3.63, 3.8) is 0 Å². The second-order valence-corrected chi connectivity index (χ2v) is 5.18. The third-order valence-corrected chi connectivity index (χ3v) is 3.34. The van der Waals surface area contributed by atoms with Gasteiger partial charge in [-0.1, -0.05) is 19.1 Å². The first-order chi connectivity index (χ1) is 8.93. The Bertz CT molecular complexity index is 434. The van der Waals surface area contributed by atoms with Gasteiger partial charge in [0.1, 0.15) is 5.82 Å². The van der Waals surface area contributed by atoms with Gasteiger partial charge >= 0.3 is 0 Å². The predicted octanol–water partition coefficient (Wildman–Crippen LogP) is 2.69. The van der Waals surface area contributed by atoms with Gasteiger partial charge in [0.15, 0.2) is 0 Å². The van der Waals surface area contributed by atoms with Crippen molar-refractivity contribution >= 4 is 5.91 Å². The lowest BCUT2D eigenvalue weighted by Crippen LogP contribution is -2.27. The highest BCUT2D eigenvalue weighted by atomic mass is 19.1. The number of aryl methyl sites for hydroxylation is 1. The van der Waals surface area contributed by atoms with E-state index in [-0.39, 0.29) is 17.8 Å². The fraction of sp³-hybridized carbons (Fsp3) is 0.533. The minimum atomic E-state index is -0.240. The molecule has 1 aromatic carbocycles. The normalized spacial score (nSPS) is 13.9. The monoisotopic (exact) mass is 266 g/mol. The lowest BCUT2D eigenvalue weighted by Gasteiger charge is -2.16. The number of halogens is 1. The molecule has 1 rings (SSSR count). The van der Waals surface area contributed by atoms with E-state index >= 15 is 0 Å². The van der Waals surface area contributed by atoms with Crippen molar-refractivity contribution in [1.29, 1.82) is 0 Å². The molecule has 106 valence electrons. The SMILES string of the molecule is Cc1ccc(C(C)NC(=O)CCC(C)CN)cc1F. The Balaban J connectivity index is 2.51. The maximum Gasteiger partial charge on any atom is 0.220 e. The van der Waals surface area contributed by atoms with E-state index in [0.717, 1.165) is 12.0 Å². The van der Waals surface area contributed by atoms with Gasteiger partial charge in [0.25, 0.3) is 0 Å². The lowest BCUT2D eigenvalue weighted by atomic mass is 10.0. The molecule has 0 bridgehead atoms. The van der Waals surface area contributed by atoms with E-state index in [1.807, 2.05) is 19.9 Å². The fourth-order valence-corrected chi connectivity index (χ4v) is 1.77. The maximum atomic E-state index is 13.5. The van der Waals surface area contributed by atoms with Crippen LogP contribution in [0.25, 0.3) is 0 Å². The van der Waals surface area contributed by atoms with Gasteiger partial charge in [-0.3, -0.25) is 4.79 Å². The van der Waals surface area contributed by atoms with E-state index in [4.69, 9.17) is 5.73 Å². The highest BCUT2D eigenvalue weighted by molar-refractivity contribution is 5.76. The van der Waals surface area contributed by atoms with Gasteiger partial charge in [-0.15, -0.1) is 0 Å². The molecule has 2 unspecified atom stereocenters. The number of nitrogens with one attached hydrogen (secondary N) is 1. The number of carbonyl (C=O) groups is 1. The standard InChI is InChI=1S/C15H23FN2O/c1-10(9-17)4-7-15(19)18-12(3)13-6-5-11(2)14(16)8-13/h5-6,8,10,12H,4,7,9,17H2,1-3H3,(H,18,19). The zero-order valence-corrected chi connectivity index (χ0v) is 11.9. The Labute approximate surface area is 114 Å². The summed E-state index contributed by atoms with van der Waals surface area (Å²) in [5, 5.41) is 2.88. The molecular weight excluding hydrogens is 243 g/mol. The number of benzene rings is 1. The predicted molar refractivity (Wildman–Crippen MR) is 75.1 cm³/mol. The second-order valence-electron chi connectivity index (χ2n) is 5.18. The summed E-state index contributed by atoms with van der Waals surface area (Å²) in [6.45, 7) is 6.18. The maximum absolute atomic E-state index is 13.5. The molecule has 0 heterocycles. The van der Waals surface area contributed by atoms with E-state index in [1.165, 1.54) is 6.07 Å². The smallest absolute Gasteiger partial charge is 0.220 e. The summed E-state index contributed by atoms with van der Waals surface area (Å²) in [6, 6.07) is 4.86. The van der Waals surface area contributed by atoms with Crippen LogP contribution in [0.1, 0.15) is 43.9 Å². The van der Waals surface area contributed by atoms with Gasteiger partial charge in [0.2, 0.25) is 5.91 Å². The number of hydrogen-bond donors (Lipinski definition) is 2. The molecule has 0 fully saturated rings. The van der Waals surface area contributed by atoms with Gasteiger partial charge in [-0.2, -0.15) is 0 Å². The quantitative estimate of drug-likeness (QED) is 0.831. The number of nitrogens with two attached hydrogens (primary N) is 1. The van der Waals surface area contributed by atoms with Gasteiger partial charge < -0.3 is 11.1 Å². The lowest BCUT2D eigenvalue weighted by molar-refractivity contribution is -0.122. The highest BCUT2D eigenvalue weighted by Crippen LogP contribution is 2.16. The summed E-state index contributed by atoms with van der Waals surface area (Å²) >= 11 is 0. The van der Waals surface area contributed by atoms with Crippen LogP contribution in [0, 0.1) is 18.7 Å². The molecule has 0 aromatic heterocycles. The molecule has 1 aromatic rings. The Morgan fingerprint density at radius 3 is 2.68 bits per heavy atom. The molecule has 19 heavy (non-hydrogen) atoms. The van der Waals surface area contributed by atoms with Crippen molar-refractivity contribution in [2.24, 2.45) is 11.7 Å². The topological polar surface area (TPSA) is 55.1 Å². The van der Waals surface area contributed by atoms with Crippen molar-refractivity contribution < 1.29 is 9.18 Å². The summed E-state index contributed by atoms with van der Waals surface area (Å²) < 4.78 is 13.5. The number of rotatable bonds is 6. The Kier molecular flexibility index (Phi) is 5.96. The molecule has 0 radical (unpaired) electrons. The first kappa shape index (κ1) is 15.6. The van der Waals surface area contributed by atoms with Gasteiger partial charge in [0.05, 0.1) is 6.04 Å². The van der Waals surface area contributed by atoms with Crippen molar-refractivity contribution in [2.45, 2.75) is 39.7 Å². The molecule has 4 heteroatoms. The molecule has 2 atom stereocenters. The van der Waals surface area contributed by atoms with Crippen molar-refractivity contribution in [3.8, 4) is 0 Å². The Morgan fingerprint density at radius 1 is 1.42 bits per heavy atom. The van der Waals surface area contributed by atoms with Gasteiger partial charge in [-0.25, -0.2) is 4.39 Å². The first-order valence-electron chi connectivity index (χ1n) is 6.69. The minimum absolute atomic E-state index is 0.0196. The van der Waals surface area contributed by atoms with E-state index in [1.54, 1.807) is 13.0 Å². The second kappa shape index (κ2) is 7.24. The molecule has 0 aliphatic heterocycles. The summed E-state index contributed by atoms with van der Waals surface area (Å²) in [4.78, 5) is 11.8. The average Bonchev–Trinajstić information content (AvgIpc) is 2.38. The molecule has 0 aliphatic rings. The van der Waals surface area contributed by atoms with Crippen LogP contribution in [0.3, 0.4) is 0 Å². The first-order valence-corrected chi connectivity index (χ1v) is 6.69. The fourth-order valence-electron chi connectivity index (χ4n) is 1.77. The average molecular weight is 266 g/mol. The van der Waals surface area contributed by atoms with Crippen LogP contribution in [0.2, 0.25) is 0 Å². The molecule has 3 N–H and O–H groups in total. The van der Waals surface area contributed by atoms with Crippen molar-refractivity contribution in [1.82, 2.24) is 5.32 Å². The molecule has 0 aliphatic carbocycles. The van der Waals surface area contributed by atoms with E-state index in [9.17, 15) is 9.18 Å². The third-order valence-electron chi connectivity index (χ3n) is 3.34. The summed E-state index contributed by atoms with van der Waals surface area (Å²) in [6.07, 6.45) is 1.23. The van der Waals surface area contributed by atoms with Crippen LogP contribution < -0.4 is 11.1 Å². The van der Waals surface area contributed by atoms with Crippen LogP contribution in [-0.2, 0) is 4.79 Å². The number of hydrogen-bond acceptors (Lipinski definition) is 2. The van der Waals surface area contributed by atoms with Gasteiger partial charge in [0, 0.05) is 6.42 Å². The number of amides is 1. The Hall–Kier alpha value is -1.42. The van der Waals surface area contributed by atoms with Crippen molar-refractivity contribution in [2.75, 3.05) is 6.54 Å². The van der Waals surface area contributed by atoms with E-state index in [0.29, 0.717) is 24.4 Å². The van der Waals surface area contributed by atoms with Crippen molar-refractivity contribution in [3.05, 3.63) is 35.1 Å². The Morgan fingerprint density at radius 2 is 2.11 bits per heavy atom. The molecule has 1 amide bonds. The molecule has 0 saturated heterocycles. The van der Waals surface area contributed by atoms with E-state index < -0.39 is 0 Å². The zero-order chi connectivity index (χ0) is 14.4. The molecular formula is C15H23FN2O.